The predicted molar refractivity (Wildman–Crippen MR) is 129 cm³/mol. The molecule has 0 unspecified atom stereocenters. The van der Waals surface area contributed by atoms with Crippen molar-refractivity contribution in [1.82, 2.24) is 9.78 Å². The molecule has 0 fully saturated rings. The second kappa shape index (κ2) is 9.75. The largest absolute Gasteiger partial charge is 0.497 e. The number of ether oxygens (including phenoxy) is 3. The van der Waals surface area contributed by atoms with Gasteiger partial charge < -0.3 is 19.5 Å². The SMILES string of the molecule is CCOC(=O)c1nn(-c2cccc(OC)c2)c(=O)c2c(NC(=O)c3ccc(OC)cc3)scc12. The number of methoxy groups -OCH3 is 2. The number of hydrogen-bond donors (Lipinski definition) is 1. The van der Waals surface area contributed by atoms with Crippen LogP contribution in [0.3, 0.4) is 0 Å². The zero-order valence-corrected chi connectivity index (χ0v) is 19.5. The van der Waals surface area contributed by atoms with Gasteiger partial charge in [0.25, 0.3) is 11.5 Å². The lowest BCUT2D eigenvalue weighted by atomic mass is 10.2. The molecule has 0 bridgehead atoms. The lowest BCUT2D eigenvalue weighted by Gasteiger charge is -2.11. The van der Waals surface area contributed by atoms with E-state index in [4.69, 9.17) is 14.2 Å². The van der Waals surface area contributed by atoms with Crippen molar-refractivity contribution >= 4 is 39.0 Å². The Kier molecular flexibility index (Phi) is 6.60. The molecule has 1 N–H and O–H groups in total. The third kappa shape index (κ3) is 4.35. The molecule has 2 heterocycles. The Morgan fingerprint density at radius 2 is 1.79 bits per heavy atom. The first kappa shape index (κ1) is 23.0. The predicted octanol–water partition coefficient (Wildman–Crippen LogP) is 3.89. The Morgan fingerprint density at radius 1 is 1.06 bits per heavy atom. The molecule has 0 radical (unpaired) electrons. The van der Waals surface area contributed by atoms with Crippen molar-refractivity contribution in [3.05, 3.63) is 75.5 Å². The number of thiophene rings is 1. The van der Waals surface area contributed by atoms with Crippen LogP contribution in [0.1, 0.15) is 27.8 Å². The summed E-state index contributed by atoms with van der Waals surface area (Å²) in [6.45, 7) is 1.83. The normalized spacial score (nSPS) is 10.7. The van der Waals surface area contributed by atoms with Gasteiger partial charge in [0.2, 0.25) is 0 Å². The molecule has 174 valence electrons. The quantitative estimate of drug-likeness (QED) is 0.401. The number of aromatic nitrogens is 2. The van der Waals surface area contributed by atoms with Crippen LogP contribution in [-0.2, 0) is 4.74 Å². The summed E-state index contributed by atoms with van der Waals surface area (Å²) in [7, 11) is 3.05. The average molecular weight is 480 g/mol. The van der Waals surface area contributed by atoms with Gasteiger partial charge in [-0.2, -0.15) is 9.78 Å². The third-order valence-corrected chi connectivity index (χ3v) is 5.89. The van der Waals surface area contributed by atoms with Crippen molar-refractivity contribution in [3.8, 4) is 17.2 Å². The first-order chi connectivity index (χ1) is 16.5. The van der Waals surface area contributed by atoms with Crippen LogP contribution in [0.5, 0.6) is 11.5 Å². The van der Waals surface area contributed by atoms with Gasteiger partial charge in [-0.15, -0.1) is 11.3 Å². The maximum atomic E-state index is 13.5. The van der Waals surface area contributed by atoms with E-state index in [1.165, 1.54) is 14.2 Å². The Morgan fingerprint density at radius 3 is 2.47 bits per heavy atom. The van der Waals surface area contributed by atoms with Gasteiger partial charge in [-0.25, -0.2) is 4.79 Å². The number of nitrogens with zero attached hydrogens (tertiary/aromatic N) is 2. The number of carbonyl (C=O) groups excluding carboxylic acids is 2. The fourth-order valence-corrected chi connectivity index (χ4v) is 4.26. The molecule has 0 spiro atoms. The molecule has 10 heteroatoms. The van der Waals surface area contributed by atoms with Crippen LogP contribution in [0.25, 0.3) is 16.5 Å². The van der Waals surface area contributed by atoms with Crippen LogP contribution in [0, 0.1) is 0 Å². The van der Waals surface area contributed by atoms with E-state index in [1.54, 1.807) is 60.8 Å². The number of rotatable bonds is 7. The highest BCUT2D eigenvalue weighted by Crippen LogP contribution is 2.31. The van der Waals surface area contributed by atoms with Crippen LogP contribution >= 0.6 is 11.3 Å². The van der Waals surface area contributed by atoms with Crippen molar-refractivity contribution in [2.24, 2.45) is 0 Å². The molecule has 4 aromatic rings. The van der Waals surface area contributed by atoms with Crippen LogP contribution < -0.4 is 20.3 Å². The molecule has 0 aliphatic carbocycles. The Bertz CT molecular complexity index is 1430. The number of hydrogen-bond acceptors (Lipinski definition) is 8. The smallest absolute Gasteiger partial charge is 0.359 e. The van der Waals surface area contributed by atoms with Gasteiger partial charge in [0, 0.05) is 22.4 Å². The topological polar surface area (TPSA) is 109 Å². The van der Waals surface area contributed by atoms with E-state index in [9.17, 15) is 14.4 Å². The van der Waals surface area contributed by atoms with E-state index < -0.39 is 17.4 Å². The van der Waals surface area contributed by atoms with E-state index in [0.717, 1.165) is 16.0 Å². The average Bonchev–Trinajstić information content (AvgIpc) is 3.28. The van der Waals surface area contributed by atoms with E-state index in [2.05, 4.69) is 10.4 Å². The van der Waals surface area contributed by atoms with Crippen molar-refractivity contribution in [2.75, 3.05) is 26.1 Å². The molecular formula is C24H21N3O6S. The Hall–Kier alpha value is -4.18. The van der Waals surface area contributed by atoms with Gasteiger partial charge in [-0.05, 0) is 43.3 Å². The molecule has 0 aliphatic heterocycles. The first-order valence-corrected chi connectivity index (χ1v) is 11.2. The number of nitrogens with one attached hydrogen (secondary N) is 1. The van der Waals surface area contributed by atoms with Crippen LogP contribution in [0.15, 0.2) is 58.7 Å². The molecule has 0 atom stereocenters. The molecule has 1 amide bonds. The van der Waals surface area contributed by atoms with E-state index in [-0.39, 0.29) is 17.7 Å². The molecule has 9 nitrogen and oxygen atoms in total. The standard InChI is InChI=1S/C24H21N3O6S/c1-4-33-24(30)20-18-13-34-22(25-21(28)14-8-10-16(31-2)11-9-14)19(18)23(29)27(26-20)15-6-5-7-17(12-15)32-3/h5-13H,4H2,1-3H3,(H,25,28). The fourth-order valence-electron chi connectivity index (χ4n) is 3.33. The second-order valence-electron chi connectivity index (χ2n) is 7.02. The van der Waals surface area contributed by atoms with E-state index >= 15 is 0 Å². The van der Waals surface area contributed by atoms with Crippen LogP contribution in [0.4, 0.5) is 5.00 Å². The summed E-state index contributed by atoms with van der Waals surface area (Å²) in [6, 6.07) is 13.3. The molecule has 34 heavy (non-hydrogen) atoms. The maximum Gasteiger partial charge on any atom is 0.359 e. The molecule has 0 saturated carbocycles. The molecule has 2 aromatic carbocycles. The van der Waals surface area contributed by atoms with Crippen molar-refractivity contribution in [1.29, 1.82) is 0 Å². The van der Waals surface area contributed by atoms with Gasteiger partial charge >= 0.3 is 5.97 Å². The van der Waals surface area contributed by atoms with Crippen molar-refractivity contribution in [3.63, 3.8) is 0 Å². The third-order valence-electron chi connectivity index (χ3n) is 5.00. The van der Waals surface area contributed by atoms with Crippen LogP contribution in [-0.4, -0.2) is 42.5 Å². The molecular weight excluding hydrogens is 458 g/mol. The molecule has 4 rings (SSSR count). The molecule has 0 saturated heterocycles. The summed E-state index contributed by atoms with van der Waals surface area (Å²) >= 11 is 1.13. The van der Waals surface area contributed by atoms with E-state index in [0.29, 0.717) is 33.1 Å². The Labute approximate surface area is 198 Å². The molecule has 2 aromatic heterocycles. The first-order valence-electron chi connectivity index (χ1n) is 10.3. The molecule has 0 aliphatic rings. The zero-order chi connectivity index (χ0) is 24.2. The van der Waals surface area contributed by atoms with Gasteiger partial charge in [0.1, 0.15) is 16.5 Å². The van der Waals surface area contributed by atoms with Crippen molar-refractivity contribution in [2.45, 2.75) is 6.92 Å². The summed E-state index contributed by atoms with van der Waals surface area (Å²) < 4.78 is 16.6. The summed E-state index contributed by atoms with van der Waals surface area (Å²) in [5, 5.41) is 9.43. The zero-order valence-electron chi connectivity index (χ0n) is 18.7. The monoisotopic (exact) mass is 479 g/mol. The number of benzene rings is 2. The summed E-state index contributed by atoms with van der Waals surface area (Å²) in [4.78, 5) is 39.0. The van der Waals surface area contributed by atoms with Gasteiger partial charge in [0.15, 0.2) is 5.69 Å². The van der Waals surface area contributed by atoms with Gasteiger partial charge in [-0.1, -0.05) is 6.07 Å². The van der Waals surface area contributed by atoms with Gasteiger partial charge in [-0.3, -0.25) is 9.59 Å². The second-order valence-corrected chi connectivity index (χ2v) is 7.90. The van der Waals surface area contributed by atoms with Gasteiger partial charge in [0.05, 0.1) is 31.9 Å². The number of anilines is 1. The summed E-state index contributed by atoms with van der Waals surface area (Å²) in [5.41, 5.74) is 0.258. The van der Waals surface area contributed by atoms with Crippen LogP contribution in [0.2, 0.25) is 0 Å². The number of amides is 1. The lowest BCUT2D eigenvalue weighted by Crippen LogP contribution is -2.25. The minimum atomic E-state index is -0.671. The Balaban J connectivity index is 1.85. The maximum absolute atomic E-state index is 13.5. The fraction of sp³-hybridized carbons (Fsp3) is 0.167. The van der Waals surface area contributed by atoms with E-state index in [1.807, 2.05) is 0 Å². The minimum Gasteiger partial charge on any atom is -0.497 e. The summed E-state index contributed by atoms with van der Waals surface area (Å²) in [6.07, 6.45) is 0. The lowest BCUT2D eigenvalue weighted by molar-refractivity contribution is 0.0520. The minimum absolute atomic E-state index is 0.0273. The highest BCUT2D eigenvalue weighted by Gasteiger charge is 2.23. The summed E-state index contributed by atoms with van der Waals surface area (Å²) in [5.74, 6) is 0.0509. The number of fused-ring (bicyclic) bond motifs is 1. The van der Waals surface area contributed by atoms with Crippen molar-refractivity contribution < 1.29 is 23.8 Å². The highest BCUT2D eigenvalue weighted by atomic mass is 32.1. The highest BCUT2D eigenvalue weighted by molar-refractivity contribution is 7.16. The number of esters is 1. The number of carbonyl (C=O) groups is 2.